The average Bonchev–Trinajstić information content (AvgIpc) is 2.99. The maximum Gasteiger partial charge on any atom is 0.340 e. The first kappa shape index (κ1) is 14.3. The Balaban J connectivity index is 2.05. The normalized spacial score (nSPS) is 11.9. The van der Waals surface area contributed by atoms with Crippen LogP contribution in [-0.2, 0) is 4.74 Å². The van der Waals surface area contributed by atoms with E-state index >= 15 is 0 Å². The van der Waals surface area contributed by atoms with Gasteiger partial charge in [0.1, 0.15) is 5.82 Å². The molecule has 0 spiro atoms. The van der Waals surface area contributed by atoms with Crippen molar-refractivity contribution in [1.82, 2.24) is 9.97 Å². The largest absolute Gasteiger partial charge is 0.465 e. The first-order valence-corrected chi connectivity index (χ1v) is 6.97. The van der Waals surface area contributed by atoms with E-state index in [1.165, 1.54) is 13.3 Å². The van der Waals surface area contributed by atoms with Crippen molar-refractivity contribution in [2.24, 2.45) is 0 Å². The predicted octanol–water partition coefficient (Wildman–Crippen LogP) is 2.12. The van der Waals surface area contributed by atoms with Crippen LogP contribution in [0.4, 0.5) is 11.5 Å². The number of anilines is 2. The summed E-state index contributed by atoms with van der Waals surface area (Å²) >= 11 is 1.61. The van der Waals surface area contributed by atoms with Crippen LogP contribution < -0.4 is 11.1 Å². The van der Waals surface area contributed by atoms with Crippen LogP contribution >= 0.6 is 11.3 Å². The zero-order chi connectivity index (χ0) is 14.5. The van der Waals surface area contributed by atoms with Gasteiger partial charge in [-0.15, -0.1) is 11.3 Å². The fraction of sp³-hybridized carbons (Fsp3) is 0.308. The van der Waals surface area contributed by atoms with E-state index in [1.54, 1.807) is 23.6 Å². The fourth-order valence-corrected chi connectivity index (χ4v) is 2.37. The van der Waals surface area contributed by atoms with E-state index in [4.69, 9.17) is 5.73 Å². The summed E-state index contributed by atoms with van der Waals surface area (Å²) in [5, 5.41) is 6.18. The number of carbonyl (C=O) groups is 1. The van der Waals surface area contributed by atoms with E-state index in [1.807, 2.05) is 5.38 Å². The van der Waals surface area contributed by atoms with Gasteiger partial charge in [0.25, 0.3) is 0 Å². The van der Waals surface area contributed by atoms with Gasteiger partial charge in [-0.2, -0.15) is 0 Å². The molecule has 2 aromatic rings. The van der Waals surface area contributed by atoms with Crippen molar-refractivity contribution in [3.05, 3.63) is 34.4 Å². The number of pyridine rings is 1. The van der Waals surface area contributed by atoms with Crippen molar-refractivity contribution < 1.29 is 9.53 Å². The Morgan fingerprint density at radius 1 is 1.55 bits per heavy atom. The Labute approximate surface area is 121 Å². The van der Waals surface area contributed by atoms with Crippen molar-refractivity contribution in [2.45, 2.75) is 12.8 Å². The zero-order valence-corrected chi connectivity index (χ0v) is 12.1. The number of nitrogens with two attached hydrogens (primary N) is 1. The SMILES string of the molecule is COC(=O)c1cc(NCC(C)c2nccs2)ncc1N. The molecule has 6 nitrogen and oxygen atoms in total. The second-order valence-corrected chi connectivity index (χ2v) is 5.23. The highest BCUT2D eigenvalue weighted by Gasteiger charge is 2.13. The second kappa shape index (κ2) is 6.33. The van der Waals surface area contributed by atoms with E-state index in [-0.39, 0.29) is 5.92 Å². The minimum atomic E-state index is -0.471. The highest BCUT2D eigenvalue weighted by Crippen LogP contribution is 2.20. The van der Waals surface area contributed by atoms with Gasteiger partial charge in [-0.25, -0.2) is 14.8 Å². The molecule has 2 rings (SSSR count). The van der Waals surface area contributed by atoms with Gasteiger partial charge in [0, 0.05) is 24.0 Å². The number of thiazole rings is 1. The van der Waals surface area contributed by atoms with Gasteiger partial charge in [-0.05, 0) is 6.07 Å². The number of nitrogens with zero attached hydrogens (tertiary/aromatic N) is 2. The van der Waals surface area contributed by atoms with E-state index < -0.39 is 5.97 Å². The lowest BCUT2D eigenvalue weighted by Gasteiger charge is -2.12. The summed E-state index contributed by atoms with van der Waals surface area (Å²) in [6, 6.07) is 1.59. The Morgan fingerprint density at radius 2 is 2.35 bits per heavy atom. The first-order chi connectivity index (χ1) is 9.61. The Kier molecular flexibility index (Phi) is 4.52. The van der Waals surface area contributed by atoms with Gasteiger partial charge >= 0.3 is 5.97 Å². The van der Waals surface area contributed by atoms with Crippen LogP contribution in [0.5, 0.6) is 0 Å². The monoisotopic (exact) mass is 292 g/mol. The minimum Gasteiger partial charge on any atom is -0.465 e. The van der Waals surface area contributed by atoms with Gasteiger partial charge in [0.15, 0.2) is 0 Å². The van der Waals surface area contributed by atoms with E-state index in [2.05, 4.69) is 26.9 Å². The van der Waals surface area contributed by atoms with Crippen LogP contribution in [0.2, 0.25) is 0 Å². The molecule has 0 aliphatic rings. The van der Waals surface area contributed by atoms with Gasteiger partial charge in [0.05, 0.1) is 29.6 Å². The van der Waals surface area contributed by atoms with E-state index in [0.717, 1.165) is 5.01 Å². The quantitative estimate of drug-likeness (QED) is 0.820. The molecule has 0 saturated heterocycles. The molecule has 0 amide bonds. The molecule has 106 valence electrons. The van der Waals surface area contributed by atoms with Crippen molar-refractivity contribution in [3.8, 4) is 0 Å². The number of aromatic nitrogens is 2. The predicted molar refractivity (Wildman–Crippen MR) is 79.0 cm³/mol. The van der Waals surface area contributed by atoms with Gasteiger partial charge in [0.2, 0.25) is 0 Å². The lowest BCUT2D eigenvalue weighted by molar-refractivity contribution is 0.0602. The maximum atomic E-state index is 11.5. The number of esters is 1. The van der Waals surface area contributed by atoms with Crippen LogP contribution in [0.15, 0.2) is 23.8 Å². The summed E-state index contributed by atoms with van der Waals surface area (Å²) < 4.78 is 4.67. The molecule has 1 unspecified atom stereocenters. The highest BCUT2D eigenvalue weighted by molar-refractivity contribution is 7.09. The van der Waals surface area contributed by atoms with Crippen LogP contribution in [0.3, 0.4) is 0 Å². The summed E-state index contributed by atoms with van der Waals surface area (Å²) in [6.07, 6.45) is 3.23. The molecule has 2 aromatic heterocycles. The van der Waals surface area contributed by atoms with E-state index in [9.17, 15) is 4.79 Å². The summed E-state index contributed by atoms with van der Waals surface area (Å²) in [5.41, 5.74) is 6.31. The van der Waals surface area contributed by atoms with Crippen molar-refractivity contribution in [1.29, 1.82) is 0 Å². The van der Waals surface area contributed by atoms with Crippen LogP contribution in [0.1, 0.15) is 28.2 Å². The molecule has 2 heterocycles. The number of nitrogen functional groups attached to an aromatic ring is 1. The number of carbonyl (C=O) groups excluding carboxylic acids is 1. The molecule has 0 aliphatic carbocycles. The Hall–Kier alpha value is -2.15. The molecular formula is C13H16N4O2S. The highest BCUT2D eigenvalue weighted by atomic mass is 32.1. The summed E-state index contributed by atoms with van der Waals surface area (Å²) in [5.74, 6) is 0.375. The number of hydrogen-bond donors (Lipinski definition) is 2. The number of methoxy groups -OCH3 is 1. The number of rotatable bonds is 5. The third kappa shape index (κ3) is 3.24. The van der Waals surface area contributed by atoms with Crippen LogP contribution in [0, 0.1) is 0 Å². The molecule has 0 aliphatic heterocycles. The van der Waals surface area contributed by atoms with Gasteiger partial charge in [-0.3, -0.25) is 0 Å². The van der Waals surface area contributed by atoms with Crippen molar-refractivity contribution in [2.75, 3.05) is 24.7 Å². The molecule has 0 radical (unpaired) electrons. The fourth-order valence-electron chi connectivity index (χ4n) is 1.67. The lowest BCUT2D eigenvalue weighted by atomic mass is 10.2. The van der Waals surface area contributed by atoms with Gasteiger partial charge < -0.3 is 15.8 Å². The molecule has 3 N–H and O–H groups in total. The summed E-state index contributed by atoms with van der Waals surface area (Å²) in [7, 11) is 1.32. The number of ether oxygens (including phenoxy) is 1. The molecule has 20 heavy (non-hydrogen) atoms. The van der Waals surface area contributed by atoms with E-state index in [0.29, 0.717) is 23.6 Å². The first-order valence-electron chi connectivity index (χ1n) is 6.09. The second-order valence-electron chi connectivity index (χ2n) is 4.30. The molecule has 0 aromatic carbocycles. The zero-order valence-electron chi connectivity index (χ0n) is 11.3. The third-order valence-electron chi connectivity index (χ3n) is 2.80. The lowest BCUT2D eigenvalue weighted by Crippen LogP contribution is -2.12. The van der Waals surface area contributed by atoms with Crippen molar-refractivity contribution in [3.63, 3.8) is 0 Å². The average molecular weight is 292 g/mol. The molecule has 0 fully saturated rings. The molecular weight excluding hydrogens is 276 g/mol. The maximum absolute atomic E-state index is 11.5. The Morgan fingerprint density at radius 3 is 3.00 bits per heavy atom. The molecule has 0 saturated carbocycles. The smallest absolute Gasteiger partial charge is 0.340 e. The van der Waals surface area contributed by atoms with Gasteiger partial charge in [-0.1, -0.05) is 6.92 Å². The molecule has 7 heteroatoms. The summed E-state index contributed by atoms with van der Waals surface area (Å²) in [6.45, 7) is 2.75. The number of nitrogens with one attached hydrogen (secondary N) is 1. The van der Waals surface area contributed by atoms with Crippen LogP contribution in [0.25, 0.3) is 0 Å². The van der Waals surface area contributed by atoms with Crippen molar-refractivity contribution >= 4 is 28.8 Å². The Bertz CT molecular complexity index is 586. The standard InChI is InChI=1S/C13H16N4O2S/c1-8(12-15-3-4-20-12)6-16-11-5-9(13(18)19-2)10(14)7-17-11/h3-5,7-8H,6,14H2,1-2H3,(H,16,17). The summed E-state index contributed by atoms with van der Waals surface area (Å²) in [4.78, 5) is 20.0. The minimum absolute atomic E-state index is 0.260. The number of hydrogen-bond acceptors (Lipinski definition) is 7. The van der Waals surface area contributed by atoms with Crippen LogP contribution in [-0.4, -0.2) is 29.6 Å². The molecule has 0 bridgehead atoms. The molecule has 1 atom stereocenters. The third-order valence-corrected chi connectivity index (χ3v) is 3.81. The topological polar surface area (TPSA) is 90.1 Å².